The molecule has 84 valence electrons. The summed E-state index contributed by atoms with van der Waals surface area (Å²) in [5.41, 5.74) is 0. The predicted octanol–water partition coefficient (Wildman–Crippen LogP) is 0.749. The second kappa shape index (κ2) is 3.61. The Bertz CT molecular complexity index is 452. The number of imidazole rings is 1. The van der Waals surface area contributed by atoms with Crippen molar-refractivity contribution in [3.63, 3.8) is 0 Å². The Morgan fingerprint density at radius 3 is 2.80 bits per heavy atom. The van der Waals surface area contributed by atoms with Gasteiger partial charge in [-0.1, -0.05) is 6.92 Å². The first-order valence-electron chi connectivity index (χ1n) is 5.02. The van der Waals surface area contributed by atoms with Crippen LogP contribution in [-0.4, -0.2) is 35.8 Å². The van der Waals surface area contributed by atoms with Gasteiger partial charge in [0.2, 0.25) is 0 Å². The molecule has 1 aliphatic rings. The molecule has 0 radical (unpaired) electrons. The Hall–Kier alpha value is -0.880. The Kier molecular flexibility index (Phi) is 2.56. The molecule has 1 unspecified atom stereocenters. The second-order valence-electron chi connectivity index (χ2n) is 4.09. The van der Waals surface area contributed by atoms with Crippen LogP contribution in [0.5, 0.6) is 0 Å². The van der Waals surface area contributed by atoms with Crippen molar-refractivity contribution in [1.29, 1.82) is 0 Å². The standard InChI is InChI=1S/C9H15N3O2S/c1-7-3-4-12(6-7)15(13,14)9-5-10-8(2)11-9/h5,7H,3-4,6H2,1-2H3,(H,10,11). The quantitative estimate of drug-likeness (QED) is 0.813. The van der Waals surface area contributed by atoms with Gasteiger partial charge in [0.15, 0.2) is 5.03 Å². The van der Waals surface area contributed by atoms with E-state index in [9.17, 15) is 8.42 Å². The molecule has 1 aromatic heterocycles. The van der Waals surface area contributed by atoms with Crippen LogP contribution in [0, 0.1) is 12.8 Å². The van der Waals surface area contributed by atoms with Crippen LogP contribution in [-0.2, 0) is 10.0 Å². The first kappa shape index (κ1) is 10.6. The molecule has 1 aromatic rings. The summed E-state index contributed by atoms with van der Waals surface area (Å²) in [6.45, 7) is 5.03. The highest BCUT2D eigenvalue weighted by molar-refractivity contribution is 7.89. The van der Waals surface area contributed by atoms with Gasteiger partial charge in [-0.2, -0.15) is 4.31 Å². The van der Waals surface area contributed by atoms with Gasteiger partial charge >= 0.3 is 0 Å². The lowest BCUT2D eigenvalue weighted by molar-refractivity contribution is 0.462. The van der Waals surface area contributed by atoms with Crippen molar-refractivity contribution in [3.8, 4) is 0 Å². The fourth-order valence-corrected chi connectivity index (χ4v) is 3.32. The third-order valence-electron chi connectivity index (χ3n) is 2.68. The Balaban J connectivity index is 2.27. The minimum atomic E-state index is -3.34. The molecule has 1 atom stereocenters. The third kappa shape index (κ3) is 1.91. The zero-order chi connectivity index (χ0) is 11.1. The van der Waals surface area contributed by atoms with Gasteiger partial charge in [0, 0.05) is 13.1 Å². The highest BCUT2D eigenvalue weighted by Gasteiger charge is 2.31. The molecule has 0 aromatic carbocycles. The summed E-state index contributed by atoms with van der Waals surface area (Å²) >= 11 is 0. The molecule has 0 amide bonds. The van der Waals surface area contributed by atoms with Crippen LogP contribution in [0.15, 0.2) is 11.2 Å². The molecule has 6 heteroatoms. The number of hydrogen-bond acceptors (Lipinski definition) is 3. The van der Waals surface area contributed by atoms with Crippen LogP contribution in [0.25, 0.3) is 0 Å². The first-order valence-corrected chi connectivity index (χ1v) is 6.46. The van der Waals surface area contributed by atoms with Crippen LogP contribution < -0.4 is 0 Å². The summed E-state index contributed by atoms with van der Waals surface area (Å²) < 4.78 is 25.6. The molecule has 5 nitrogen and oxygen atoms in total. The summed E-state index contributed by atoms with van der Waals surface area (Å²) in [6.07, 6.45) is 2.32. The number of H-pyrrole nitrogens is 1. The summed E-state index contributed by atoms with van der Waals surface area (Å²) in [4.78, 5) is 6.68. The second-order valence-corrected chi connectivity index (χ2v) is 6.00. The van der Waals surface area contributed by atoms with E-state index < -0.39 is 10.0 Å². The number of nitrogens with zero attached hydrogens (tertiary/aromatic N) is 2. The molecule has 0 aliphatic carbocycles. The molecule has 1 N–H and O–H groups in total. The van der Waals surface area contributed by atoms with E-state index in [0.29, 0.717) is 24.8 Å². The zero-order valence-corrected chi connectivity index (χ0v) is 9.71. The molecule has 0 saturated carbocycles. The zero-order valence-electron chi connectivity index (χ0n) is 8.90. The maximum Gasteiger partial charge on any atom is 0.260 e. The van der Waals surface area contributed by atoms with Crippen LogP contribution in [0.3, 0.4) is 0 Å². The SMILES string of the molecule is Cc1ncc(S(=O)(=O)N2CCC(C)C2)[nH]1. The van der Waals surface area contributed by atoms with Crippen LogP contribution >= 0.6 is 0 Å². The third-order valence-corrected chi connectivity index (χ3v) is 4.46. The molecule has 2 heterocycles. The minimum absolute atomic E-state index is 0.203. The molecule has 0 bridgehead atoms. The Labute approximate surface area is 89.6 Å². The maximum atomic E-state index is 12.0. The van der Waals surface area contributed by atoms with Gasteiger partial charge in [0.05, 0.1) is 6.20 Å². The molecule has 15 heavy (non-hydrogen) atoms. The molecular formula is C9H15N3O2S. The average Bonchev–Trinajstić information content (AvgIpc) is 2.74. The average molecular weight is 229 g/mol. The molecule has 2 rings (SSSR count). The van der Waals surface area contributed by atoms with Gasteiger partial charge < -0.3 is 4.98 Å². The molecule has 1 aliphatic heterocycles. The van der Waals surface area contributed by atoms with E-state index in [2.05, 4.69) is 16.9 Å². The van der Waals surface area contributed by atoms with Gasteiger partial charge in [-0.25, -0.2) is 13.4 Å². The fraction of sp³-hybridized carbons (Fsp3) is 0.667. The maximum absolute atomic E-state index is 12.0. The lowest BCUT2D eigenvalue weighted by Gasteiger charge is -2.13. The topological polar surface area (TPSA) is 66.1 Å². The summed E-state index contributed by atoms with van der Waals surface area (Å²) in [6, 6.07) is 0. The largest absolute Gasteiger partial charge is 0.332 e. The van der Waals surface area contributed by atoms with Crippen LogP contribution in [0.1, 0.15) is 19.2 Å². The van der Waals surface area contributed by atoms with Gasteiger partial charge in [-0.15, -0.1) is 0 Å². The van der Waals surface area contributed by atoms with Gasteiger partial charge in [-0.3, -0.25) is 0 Å². The van der Waals surface area contributed by atoms with E-state index >= 15 is 0 Å². The lowest BCUT2D eigenvalue weighted by atomic mass is 10.2. The van der Waals surface area contributed by atoms with Gasteiger partial charge in [0.1, 0.15) is 5.82 Å². The van der Waals surface area contributed by atoms with Gasteiger partial charge in [-0.05, 0) is 19.3 Å². The fourth-order valence-electron chi connectivity index (χ4n) is 1.78. The van der Waals surface area contributed by atoms with Crippen molar-refractivity contribution >= 4 is 10.0 Å². The number of aryl methyl sites for hydroxylation is 1. The molecular weight excluding hydrogens is 214 g/mol. The minimum Gasteiger partial charge on any atom is -0.332 e. The summed E-state index contributed by atoms with van der Waals surface area (Å²) in [5, 5.41) is 0.203. The van der Waals surface area contributed by atoms with Crippen LogP contribution in [0.4, 0.5) is 0 Å². The number of hydrogen-bond donors (Lipinski definition) is 1. The van der Waals surface area contributed by atoms with Crippen molar-refractivity contribution in [2.24, 2.45) is 5.92 Å². The van der Waals surface area contributed by atoms with E-state index in [1.165, 1.54) is 10.5 Å². The number of rotatable bonds is 2. The van der Waals surface area contributed by atoms with Crippen molar-refractivity contribution < 1.29 is 8.42 Å². The first-order chi connectivity index (χ1) is 7.00. The number of sulfonamides is 1. The highest BCUT2D eigenvalue weighted by atomic mass is 32.2. The van der Waals surface area contributed by atoms with E-state index in [4.69, 9.17) is 0 Å². The smallest absolute Gasteiger partial charge is 0.260 e. The van der Waals surface area contributed by atoms with E-state index in [1.807, 2.05) is 0 Å². The summed E-state index contributed by atoms with van der Waals surface area (Å²) in [7, 11) is -3.34. The van der Waals surface area contributed by atoms with Gasteiger partial charge in [0.25, 0.3) is 10.0 Å². The van der Waals surface area contributed by atoms with Crippen molar-refractivity contribution in [3.05, 3.63) is 12.0 Å². The lowest BCUT2D eigenvalue weighted by Crippen LogP contribution is -2.28. The molecule has 1 fully saturated rings. The normalized spacial score (nSPS) is 23.5. The van der Waals surface area contributed by atoms with Crippen molar-refractivity contribution in [1.82, 2.24) is 14.3 Å². The van der Waals surface area contributed by atoms with E-state index in [-0.39, 0.29) is 5.03 Å². The van der Waals surface area contributed by atoms with E-state index in [1.54, 1.807) is 6.92 Å². The highest BCUT2D eigenvalue weighted by Crippen LogP contribution is 2.22. The molecule has 1 saturated heterocycles. The Morgan fingerprint density at radius 1 is 1.60 bits per heavy atom. The number of nitrogens with one attached hydrogen (secondary N) is 1. The number of aromatic amines is 1. The predicted molar refractivity (Wildman–Crippen MR) is 55.9 cm³/mol. The number of aromatic nitrogens is 2. The monoisotopic (exact) mass is 229 g/mol. The Morgan fingerprint density at radius 2 is 2.33 bits per heavy atom. The van der Waals surface area contributed by atoms with Crippen molar-refractivity contribution in [2.75, 3.05) is 13.1 Å². The molecule has 0 spiro atoms. The summed E-state index contributed by atoms with van der Waals surface area (Å²) in [5.74, 6) is 1.07. The van der Waals surface area contributed by atoms with Crippen molar-refractivity contribution in [2.45, 2.75) is 25.3 Å². The van der Waals surface area contributed by atoms with E-state index in [0.717, 1.165) is 6.42 Å². The van der Waals surface area contributed by atoms with Crippen LogP contribution in [0.2, 0.25) is 0 Å².